The molecule has 3 heteroatoms. The van der Waals surface area contributed by atoms with Crippen LogP contribution in [0.5, 0.6) is 5.75 Å². The number of hydrogen-bond donors (Lipinski definition) is 0. The molecule has 0 radical (unpaired) electrons. The lowest BCUT2D eigenvalue weighted by Crippen LogP contribution is -2.10. The second-order valence-corrected chi connectivity index (χ2v) is 5.63. The molecule has 0 unspecified atom stereocenters. The van der Waals surface area contributed by atoms with E-state index in [4.69, 9.17) is 16.3 Å². The van der Waals surface area contributed by atoms with Gasteiger partial charge in [-0.05, 0) is 17.2 Å². The minimum absolute atomic E-state index is 0.0724. The van der Waals surface area contributed by atoms with Gasteiger partial charge < -0.3 is 4.74 Å². The summed E-state index contributed by atoms with van der Waals surface area (Å²) in [5, 5.41) is 1.93. The van der Waals surface area contributed by atoms with Gasteiger partial charge in [0.25, 0.3) is 0 Å². The van der Waals surface area contributed by atoms with Crippen LogP contribution in [0, 0.1) is 0 Å². The van der Waals surface area contributed by atoms with Crippen molar-refractivity contribution in [3.63, 3.8) is 0 Å². The van der Waals surface area contributed by atoms with Crippen molar-refractivity contribution >= 4 is 28.2 Å². The van der Waals surface area contributed by atoms with Crippen molar-refractivity contribution in [1.29, 1.82) is 0 Å². The van der Waals surface area contributed by atoms with Crippen molar-refractivity contribution in [2.45, 2.75) is 0 Å². The summed E-state index contributed by atoms with van der Waals surface area (Å²) < 4.78 is 5.73. The summed E-state index contributed by atoms with van der Waals surface area (Å²) in [5.41, 5.74) is 3.57. The summed E-state index contributed by atoms with van der Waals surface area (Å²) in [6.45, 7) is 0.449. The highest BCUT2D eigenvalue weighted by atomic mass is 35.5. The standard InChI is InChI=1S/C19H13ClO2/c20-10-11-22-17-9-8-13-12-4-1-2-5-14(12)19(21)16-7-3-6-15(17)18(13)16/h1-9H,10-11H2. The molecular weight excluding hydrogens is 296 g/mol. The predicted molar refractivity (Wildman–Crippen MR) is 89.0 cm³/mol. The predicted octanol–water partition coefficient (Wildman–Crippen LogP) is 4.67. The monoisotopic (exact) mass is 308 g/mol. The lowest BCUT2D eigenvalue weighted by Gasteiger charge is -2.21. The molecule has 0 heterocycles. The number of ether oxygens (including phenoxy) is 1. The average Bonchev–Trinajstić information content (AvgIpc) is 2.58. The lowest BCUT2D eigenvalue weighted by molar-refractivity contribution is 0.104. The van der Waals surface area contributed by atoms with E-state index < -0.39 is 0 Å². The molecule has 0 fully saturated rings. The maximum Gasteiger partial charge on any atom is 0.194 e. The lowest BCUT2D eigenvalue weighted by atomic mass is 9.83. The van der Waals surface area contributed by atoms with Gasteiger partial charge in [0.2, 0.25) is 0 Å². The van der Waals surface area contributed by atoms with Crippen LogP contribution in [0.2, 0.25) is 0 Å². The Labute approximate surface area is 133 Å². The Morgan fingerprint density at radius 3 is 2.41 bits per heavy atom. The van der Waals surface area contributed by atoms with Gasteiger partial charge in [-0.1, -0.05) is 48.5 Å². The van der Waals surface area contributed by atoms with Crippen molar-refractivity contribution in [3.05, 3.63) is 65.7 Å². The molecule has 0 saturated heterocycles. The van der Waals surface area contributed by atoms with E-state index in [1.807, 2.05) is 54.6 Å². The summed E-state index contributed by atoms with van der Waals surface area (Å²) in [6, 6.07) is 17.5. The molecule has 3 aromatic rings. The summed E-state index contributed by atoms with van der Waals surface area (Å²) in [7, 11) is 0. The zero-order valence-electron chi connectivity index (χ0n) is 11.8. The number of ketones is 1. The van der Waals surface area contributed by atoms with E-state index in [-0.39, 0.29) is 5.78 Å². The van der Waals surface area contributed by atoms with Crippen LogP contribution in [0.15, 0.2) is 54.6 Å². The number of alkyl halides is 1. The van der Waals surface area contributed by atoms with Gasteiger partial charge in [0.1, 0.15) is 12.4 Å². The minimum atomic E-state index is 0.0724. The van der Waals surface area contributed by atoms with E-state index >= 15 is 0 Å². The fourth-order valence-corrected chi connectivity index (χ4v) is 3.21. The van der Waals surface area contributed by atoms with Crippen molar-refractivity contribution < 1.29 is 9.53 Å². The maximum atomic E-state index is 12.8. The molecule has 0 aliphatic heterocycles. The number of carbonyl (C=O) groups is 1. The van der Waals surface area contributed by atoms with Gasteiger partial charge in [-0.3, -0.25) is 4.79 Å². The largest absolute Gasteiger partial charge is 0.492 e. The highest BCUT2D eigenvalue weighted by molar-refractivity contribution is 6.26. The van der Waals surface area contributed by atoms with Crippen LogP contribution < -0.4 is 4.74 Å². The minimum Gasteiger partial charge on any atom is -0.492 e. The molecule has 1 aliphatic rings. The molecule has 108 valence electrons. The van der Waals surface area contributed by atoms with E-state index in [0.29, 0.717) is 12.5 Å². The van der Waals surface area contributed by atoms with Crippen molar-refractivity contribution in [3.8, 4) is 16.9 Å². The molecule has 0 bridgehead atoms. The van der Waals surface area contributed by atoms with Gasteiger partial charge in [-0.2, -0.15) is 0 Å². The van der Waals surface area contributed by atoms with E-state index in [1.54, 1.807) is 0 Å². The van der Waals surface area contributed by atoms with E-state index in [9.17, 15) is 4.79 Å². The van der Waals surface area contributed by atoms with Gasteiger partial charge in [0.05, 0.1) is 5.88 Å². The van der Waals surface area contributed by atoms with E-state index in [2.05, 4.69) is 0 Å². The van der Waals surface area contributed by atoms with Crippen LogP contribution in [-0.2, 0) is 0 Å². The normalized spacial score (nSPS) is 12.3. The first-order valence-electron chi connectivity index (χ1n) is 7.20. The van der Waals surface area contributed by atoms with Gasteiger partial charge in [-0.25, -0.2) is 0 Å². The number of fused-ring (bicyclic) bond motifs is 2. The van der Waals surface area contributed by atoms with Crippen LogP contribution in [0.1, 0.15) is 15.9 Å². The van der Waals surface area contributed by atoms with Gasteiger partial charge >= 0.3 is 0 Å². The Bertz CT molecular complexity index is 899. The smallest absolute Gasteiger partial charge is 0.194 e. The van der Waals surface area contributed by atoms with Crippen LogP contribution in [-0.4, -0.2) is 18.3 Å². The number of halogens is 1. The molecule has 22 heavy (non-hydrogen) atoms. The third kappa shape index (κ3) is 1.84. The van der Waals surface area contributed by atoms with E-state index in [1.165, 1.54) is 0 Å². The van der Waals surface area contributed by atoms with Crippen LogP contribution in [0.4, 0.5) is 0 Å². The summed E-state index contributed by atoms with van der Waals surface area (Å²) in [6.07, 6.45) is 0. The molecule has 0 aromatic heterocycles. The first kappa shape index (κ1) is 13.4. The number of hydrogen-bond acceptors (Lipinski definition) is 2. The van der Waals surface area contributed by atoms with Gasteiger partial charge in [-0.15, -0.1) is 11.6 Å². The molecule has 0 spiro atoms. The molecule has 1 aliphatic carbocycles. The SMILES string of the molecule is O=C1c2ccccc2-c2ccc(OCCCl)c3cccc1c23. The molecule has 3 aromatic carbocycles. The Morgan fingerprint density at radius 1 is 0.818 bits per heavy atom. The second-order valence-electron chi connectivity index (χ2n) is 5.25. The van der Waals surface area contributed by atoms with Crippen molar-refractivity contribution in [2.75, 3.05) is 12.5 Å². The molecular formula is C19H13ClO2. The van der Waals surface area contributed by atoms with Crippen molar-refractivity contribution in [2.24, 2.45) is 0 Å². The molecule has 2 nitrogen and oxygen atoms in total. The summed E-state index contributed by atoms with van der Waals surface area (Å²) in [4.78, 5) is 12.8. The first-order chi connectivity index (χ1) is 10.8. The molecule has 0 atom stereocenters. The molecule has 0 saturated carbocycles. The Hall–Kier alpha value is -2.32. The summed E-state index contributed by atoms with van der Waals surface area (Å²) in [5.74, 6) is 1.28. The van der Waals surface area contributed by atoms with Crippen LogP contribution >= 0.6 is 11.6 Å². The van der Waals surface area contributed by atoms with Gasteiger partial charge in [0, 0.05) is 21.9 Å². The second kappa shape index (κ2) is 5.15. The zero-order valence-corrected chi connectivity index (χ0v) is 12.6. The van der Waals surface area contributed by atoms with Gasteiger partial charge in [0.15, 0.2) is 5.78 Å². The van der Waals surface area contributed by atoms with Crippen molar-refractivity contribution in [1.82, 2.24) is 0 Å². The average molecular weight is 309 g/mol. The Balaban J connectivity index is 2.06. The molecule has 4 rings (SSSR count). The number of rotatable bonds is 3. The Kier molecular flexibility index (Phi) is 3.12. The third-order valence-corrected chi connectivity index (χ3v) is 4.20. The quantitative estimate of drug-likeness (QED) is 0.514. The number of benzene rings is 3. The third-order valence-electron chi connectivity index (χ3n) is 4.04. The van der Waals surface area contributed by atoms with Crippen LogP contribution in [0.3, 0.4) is 0 Å². The summed E-state index contributed by atoms with van der Waals surface area (Å²) >= 11 is 5.71. The molecule has 0 amide bonds. The topological polar surface area (TPSA) is 26.3 Å². The zero-order chi connectivity index (χ0) is 15.1. The van der Waals surface area contributed by atoms with Crippen LogP contribution in [0.25, 0.3) is 21.9 Å². The maximum absolute atomic E-state index is 12.8. The number of carbonyl (C=O) groups excluding carboxylic acids is 1. The fourth-order valence-electron chi connectivity index (χ4n) is 3.13. The Morgan fingerprint density at radius 2 is 1.59 bits per heavy atom. The first-order valence-corrected chi connectivity index (χ1v) is 7.73. The highest BCUT2D eigenvalue weighted by Gasteiger charge is 2.25. The highest BCUT2D eigenvalue weighted by Crippen LogP contribution is 2.42. The fraction of sp³-hybridized carbons (Fsp3) is 0.105. The van der Waals surface area contributed by atoms with E-state index in [0.717, 1.165) is 38.8 Å². The molecule has 0 N–H and O–H groups in total.